The van der Waals surface area contributed by atoms with Crippen LogP contribution in [0.3, 0.4) is 0 Å². The standard InChI is InChI=1S/C17H24ClN5/c1-12-15(13(2)23(4)22-12)9-10-20-17(19-3)21-11-14-7-5-6-8-16(14)18/h5-8H,9-11H2,1-4H3,(H2,19,20,21). The Morgan fingerprint density at radius 2 is 2.00 bits per heavy atom. The summed E-state index contributed by atoms with van der Waals surface area (Å²) in [6, 6.07) is 7.80. The number of nitrogens with zero attached hydrogens (tertiary/aromatic N) is 3. The van der Waals surface area contributed by atoms with E-state index in [1.807, 2.05) is 42.9 Å². The molecular weight excluding hydrogens is 310 g/mol. The number of hydrogen-bond acceptors (Lipinski definition) is 2. The van der Waals surface area contributed by atoms with E-state index in [0.717, 1.165) is 35.2 Å². The smallest absolute Gasteiger partial charge is 0.191 e. The Hall–Kier alpha value is -2.01. The molecule has 1 heterocycles. The summed E-state index contributed by atoms with van der Waals surface area (Å²) < 4.78 is 1.93. The minimum absolute atomic E-state index is 0.643. The minimum Gasteiger partial charge on any atom is -0.356 e. The molecule has 0 fully saturated rings. The van der Waals surface area contributed by atoms with Crippen LogP contribution in [0, 0.1) is 13.8 Å². The molecule has 1 aromatic carbocycles. The molecule has 0 saturated carbocycles. The van der Waals surface area contributed by atoms with E-state index in [0.29, 0.717) is 6.54 Å². The van der Waals surface area contributed by atoms with Gasteiger partial charge in [0, 0.05) is 37.9 Å². The van der Waals surface area contributed by atoms with Crippen LogP contribution in [0.5, 0.6) is 0 Å². The molecule has 2 aromatic rings. The summed E-state index contributed by atoms with van der Waals surface area (Å²) in [6.07, 6.45) is 0.915. The Labute approximate surface area is 142 Å². The first-order chi connectivity index (χ1) is 11.0. The molecule has 124 valence electrons. The maximum atomic E-state index is 6.16. The summed E-state index contributed by atoms with van der Waals surface area (Å²) in [5.74, 6) is 0.768. The average Bonchev–Trinajstić information content (AvgIpc) is 2.78. The first-order valence-electron chi connectivity index (χ1n) is 7.70. The van der Waals surface area contributed by atoms with Crippen LogP contribution in [-0.4, -0.2) is 29.3 Å². The molecule has 5 nitrogen and oxygen atoms in total. The van der Waals surface area contributed by atoms with Gasteiger partial charge >= 0.3 is 0 Å². The van der Waals surface area contributed by atoms with Crippen molar-refractivity contribution in [2.75, 3.05) is 13.6 Å². The second kappa shape index (κ2) is 8.02. The van der Waals surface area contributed by atoms with Crippen molar-refractivity contribution >= 4 is 17.6 Å². The highest BCUT2D eigenvalue weighted by Gasteiger charge is 2.09. The Balaban J connectivity index is 1.85. The fraction of sp³-hybridized carbons (Fsp3) is 0.412. The van der Waals surface area contributed by atoms with E-state index in [-0.39, 0.29) is 0 Å². The summed E-state index contributed by atoms with van der Waals surface area (Å²) in [7, 11) is 3.74. The van der Waals surface area contributed by atoms with Gasteiger partial charge < -0.3 is 10.6 Å². The molecule has 0 atom stereocenters. The number of guanidine groups is 1. The molecule has 0 aliphatic carbocycles. The van der Waals surface area contributed by atoms with Crippen molar-refractivity contribution in [3.05, 3.63) is 51.8 Å². The van der Waals surface area contributed by atoms with E-state index in [4.69, 9.17) is 11.6 Å². The third-order valence-corrected chi connectivity index (χ3v) is 4.32. The SMILES string of the molecule is CN=C(NCCc1c(C)nn(C)c1C)NCc1ccccc1Cl. The molecule has 0 saturated heterocycles. The molecule has 0 unspecified atom stereocenters. The van der Waals surface area contributed by atoms with Crippen molar-refractivity contribution in [1.82, 2.24) is 20.4 Å². The van der Waals surface area contributed by atoms with Gasteiger partial charge in [0.2, 0.25) is 0 Å². The van der Waals surface area contributed by atoms with Crippen molar-refractivity contribution < 1.29 is 0 Å². The molecular formula is C17H24ClN5. The maximum absolute atomic E-state index is 6.16. The van der Waals surface area contributed by atoms with Crippen LogP contribution < -0.4 is 10.6 Å². The Morgan fingerprint density at radius 1 is 1.26 bits per heavy atom. The first kappa shape index (κ1) is 17.3. The molecule has 0 bridgehead atoms. The number of aryl methyl sites for hydroxylation is 2. The first-order valence-corrected chi connectivity index (χ1v) is 8.07. The summed E-state index contributed by atoms with van der Waals surface area (Å²) in [5.41, 5.74) is 4.65. The number of halogens is 1. The van der Waals surface area contributed by atoms with Gasteiger partial charge in [-0.1, -0.05) is 29.8 Å². The van der Waals surface area contributed by atoms with Crippen LogP contribution in [0.1, 0.15) is 22.5 Å². The predicted molar refractivity (Wildman–Crippen MR) is 96.0 cm³/mol. The molecule has 6 heteroatoms. The largest absolute Gasteiger partial charge is 0.356 e. The van der Waals surface area contributed by atoms with Gasteiger partial charge in [0.1, 0.15) is 0 Å². The Morgan fingerprint density at radius 3 is 2.61 bits per heavy atom. The van der Waals surface area contributed by atoms with Crippen molar-refractivity contribution in [3.8, 4) is 0 Å². The zero-order valence-corrected chi connectivity index (χ0v) is 14.9. The molecule has 0 aliphatic rings. The minimum atomic E-state index is 0.643. The summed E-state index contributed by atoms with van der Waals surface area (Å²) in [5, 5.41) is 11.8. The second-order valence-corrected chi connectivity index (χ2v) is 5.87. The number of aromatic nitrogens is 2. The van der Waals surface area contributed by atoms with Crippen molar-refractivity contribution in [1.29, 1.82) is 0 Å². The Kier molecular flexibility index (Phi) is 6.04. The molecule has 0 aliphatic heterocycles. The Bertz CT molecular complexity index is 690. The fourth-order valence-corrected chi connectivity index (χ4v) is 2.73. The monoisotopic (exact) mass is 333 g/mol. The zero-order valence-electron chi connectivity index (χ0n) is 14.2. The van der Waals surface area contributed by atoms with Crippen LogP contribution in [-0.2, 0) is 20.0 Å². The molecule has 0 spiro atoms. The lowest BCUT2D eigenvalue weighted by Gasteiger charge is -2.12. The van der Waals surface area contributed by atoms with Crippen LogP contribution in [0.4, 0.5) is 0 Å². The van der Waals surface area contributed by atoms with Gasteiger partial charge in [-0.05, 0) is 37.5 Å². The van der Waals surface area contributed by atoms with Crippen molar-refractivity contribution in [3.63, 3.8) is 0 Å². The van der Waals surface area contributed by atoms with Crippen LogP contribution in [0.25, 0.3) is 0 Å². The third-order valence-electron chi connectivity index (χ3n) is 3.95. The van der Waals surface area contributed by atoms with E-state index in [1.165, 1.54) is 11.3 Å². The van der Waals surface area contributed by atoms with Crippen LogP contribution >= 0.6 is 11.6 Å². The van der Waals surface area contributed by atoms with Gasteiger partial charge in [0.05, 0.1) is 5.69 Å². The van der Waals surface area contributed by atoms with E-state index in [2.05, 4.69) is 27.6 Å². The molecule has 23 heavy (non-hydrogen) atoms. The summed E-state index contributed by atoms with van der Waals surface area (Å²) in [6.45, 7) is 5.59. The normalized spacial score (nSPS) is 11.6. The number of hydrogen-bond donors (Lipinski definition) is 2. The highest BCUT2D eigenvalue weighted by Crippen LogP contribution is 2.14. The van der Waals surface area contributed by atoms with Gasteiger partial charge in [-0.2, -0.15) is 5.10 Å². The quantitative estimate of drug-likeness (QED) is 0.653. The number of rotatable bonds is 5. The van der Waals surface area contributed by atoms with Gasteiger partial charge in [-0.15, -0.1) is 0 Å². The molecule has 0 amide bonds. The summed E-state index contributed by atoms with van der Waals surface area (Å²) in [4.78, 5) is 4.24. The summed E-state index contributed by atoms with van der Waals surface area (Å²) >= 11 is 6.16. The predicted octanol–water partition coefficient (Wildman–Crippen LogP) is 2.60. The lowest BCUT2D eigenvalue weighted by Crippen LogP contribution is -2.38. The average molecular weight is 334 g/mol. The topological polar surface area (TPSA) is 54.2 Å². The van der Waals surface area contributed by atoms with E-state index >= 15 is 0 Å². The second-order valence-electron chi connectivity index (χ2n) is 5.47. The van der Waals surface area contributed by atoms with E-state index < -0.39 is 0 Å². The van der Waals surface area contributed by atoms with Gasteiger partial charge in [-0.3, -0.25) is 9.67 Å². The molecule has 0 radical (unpaired) electrons. The van der Waals surface area contributed by atoms with Crippen LogP contribution in [0.15, 0.2) is 29.3 Å². The lowest BCUT2D eigenvalue weighted by molar-refractivity contribution is 0.729. The molecule has 1 aromatic heterocycles. The number of aliphatic imine (C=N–C) groups is 1. The third kappa shape index (κ3) is 4.48. The van der Waals surface area contributed by atoms with E-state index in [9.17, 15) is 0 Å². The van der Waals surface area contributed by atoms with Gasteiger partial charge in [-0.25, -0.2) is 0 Å². The van der Waals surface area contributed by atoms with Crippen molar-refractivity contribution in [2.45, 2.75) is 26.8 Å². The fourth-order valence-electron chi connectivity index (χ4n) is 2.53. The zero-order chi connectivity index (χ0) is 16.8. The van der Waals surface area contributed by atoms with E-state index in [1.54, 1.807) is 7.05 Å². The highest BCUT2D eigenvalue weighted by molar-refractivity contribution is 6.31. The molecule has 2 rings (SSSR count). The number of nitrogens with one attached hydrogen (secondary N) is 2. The maximum Gasteiger partial charge on any atom is 0.191 e. The van der Waals surface area contributed by atoms with Crippen molar-refractivity contribution in [2.24, 2.45) is 12.0 Å². The molecule has 2 N–H and O–H groups in total. The van der Waals surface area contributed by atoms with Gasteiger partial charge in [0.25, 0.3) is 0 Å². The van der Waals surface area contributed by atoms with Crippen LogP contribution in [0.2, 0.25) is 5.02 Å². The number of benzene rings is 1. The van der Waals surface area contributed by atoms with Gasteiger partial charge in [0.15, 0.2) is 5.96 Å². The highest BCUT2D eigenvalue weighted by atomic mass is 35.5. The lowest BCUT2D eigenvalue weighted by atomic mass is 10.1.